The van der Waals surface area contributed by atoms with Gasteiger partial charge in [0.25, 0.3) is 0 Å². The van der Waals surface area contributed by atoms with Crippen molar-refractivity contribution in [2.45, 2.75) is 13.3 Å². The molecule has 0 saturated heterocycles. The van der Waals surface area contributed by atoms with Gasteiger partial charge >= 0.3 is 6.36 Å². The number of carbonyl (C=O) groups excluding carboxylic acids is 1. The molecule has 0 radical (unpaired) electrons. The normalized spacial score (nSPS) is 11.4. The summed E-state index contributed by atoms with van der Waals surface area (Å²) in [6.45, 7) is 1.08. The zero-order valence-corrected chi connectivity index (χ0v) is 8.62. The summed E-state index contributed by atoms with van der Waals surface area (Å²) in [5.41, 5.74) is -0.249. The summed E-state index contributed by atoms with van der Waals surface area (Å²) in [5, 5.41) is -0.817. The first-order valence-corrected chi connectivity index (χ1v) is 4.34. The third kappa shape index (κ3) is 3.10. The number of Topliss-reactive ketones (excluding diaryl/α,β-unsaturated/α-hetero) is 1. The van der Waals surface area contributed by atoms with Gasteiger partial charge < -0.3 is 4.74 Å². The molecular weight excluding hydrogens is 252 g/mol. The number of alkyl halides is 3. The van der Waals surface area contributed by atoms with Gasteiger partial charge in [-0.05, 0) is 19.1 Å². The number of halogens is 5. The van der Waals surface area contributed by atoms with Crippen LogP contribution in [0.1, 0.15) is 17.3 Å². The molecule has 0 saturated carbocycles. The second-order valence-corrected chi connectivity index (χ2v) is 3.25. The van der Waals surface area contributed by atoms with Crippen molar-refractivity contribution < 1.29 is 27.1 Å². The third-order valence-electron chi connectivity index (χ3n) is 1.63. The van der Waals surface area contributed by atoms with E-state index in [2.05, 4.69) is 4.74 Å². The largest absolute Gasteiger partial charge is 0.573 e. The minimum Gasteiger partial charge on any atom is -0.404 e. The number of ether oxygens (including phenoxy) is 1. The van der Waals surface area contributed by atoms with Crippen molar-refractivity contribution in [2.24, 2.45) is 0 Å². The van der Waals surface area contributed by atoms with E-state index in [4.69, 9.17) is 11.6 Å². The molecule has 88 valence electrons. The first kappa shape index (κ1) is 12.8. The molecule has 1 aromatic carbocycles. The maximum Gasteiger partial charge on any atom is 0.573 e. The Bertz CT molecular complexity index is 428. The molecule has 1 rings (SSSR count). The molecule has 0 aromatic heterocycles. The van der Waals surface area contributed by atoms with Gasteiger partial charge in [-0.2, -0.15) is 0 Å². The van der Waals surface area contributed by atoms with Crippen molar-refractivity contribution in [1.29, 1.82) is 0 Å². The number of benzene rings is 1. The van der Waals surface area contributed by atoms with Gasteiger partial charge in [0.1, 0.15) is 10.8 Å². The first-order chi connectivity index (χ1) is 7.20. The molecule has 2 nitrogen and oxygen atoms in total. The molecule has 0 aliphatic carbocycles. The number of hydrogen-bond donors (Lipinski definition) is 0. The van der Waals surface area contributed by atoms with Crippen molar-refractivity contribution in [2.75, 3.05) is 0 Å². The Hall–Kier alpha value is -1.30. The van der Waals surface area contributed by atoms with Crippen LogP contribution in [-0.2, 0) is 0 Å². The smallest absolute Gasteiger partial charge is 0.404 e. The van der Waals surface area contributed by atoms with E-state index in [0.717, 1.165) is 19.1 Å². The molecule has 16 heavy (non-hydrogen) atoms. The van der Waals surface area contributed by atoms with E-state index in [-0.39, 0.29) is 5.56 Å². The van der Waals surface area contributed by atoms with E-state index < -0.39 is 28.7 Å². The number of carbonyl (C=O) groups is 1. The van der Waals surface area contributed by atoms with Crippen molar-refractivity contribution in [3.63, 3.8) is 0 Å². The Morgan fingerprint density at radius 2 is 1.94 bits per heavy atom. The van der Waals surface area contributed by atoms with Crippen LogP contribution < -0.4 is 4.74 Å². The van der Waals surface area contributed by atoms with Gasteiger partial charge in [-0.15, -0.1) is 13.2 Å². The highest BCUT2D eigenvalue weighted by Crippen LogP contribution is 2.33. The fraction of sp³-hybridized carbons (Fsp3) is 0.222. The topological polar surface area (TPSA) is 26.3 Å². The fourth-order valence-electron chi connectivity index (χ4n) is 0.966. The Morgan fingerprint density at radius 1 is 1.38 bits per heavy atom. The molecule has 0 spiro atoms. The second kappa shape index (κ2) is 4.29. The molecule has 0 atom stereocenters. The second-order valence-electron chi connectivity index (χ2n) is 2.87. The number of rotatable bonds is 2. The van der Waals surface area contributed by atoms with Crippen LogP contribution in [0.25, 0.3) is 0 Å². The molecule has 0 fully saturated rings. The van der Waals surface area contributed by atoms with Crippen LogP contribution in [0.4, 0.5) is 17.6 Å². The lowest BCUT2D eigenvalue weighted by molar-refractivity contribution is -0.274. The lowest BCUT2D eigenvalue weighted by Gasteiger charge is -2.11. The van der Waals surface area contributed by atoms with Crippen molar-refractivity contribution in [3.8, 4) is 5.75 Å². The minimum absolute atomic E-state index is 0.249. The minimum atomic E-state index is -4.99. The van der Waals surface area contributed by atoms with E-state index in [0.29, 0.717) is 0 Å². The molecule has 0 N–H and O–H groups in total. The molecule has 0 aliphatic rings. The summed E-state index contributed by atoms with van der Waals surface area (Å²) in [4.78, 5) is 10.9. The van der Waals surface area contributed by atoms with Gasteiger partial charge in [-0.1, -0.05) is 11.6 Å². The average molecular weight is 257 g/mol. The van der Waals surface area contributed by atoms with E-state index in [1.807, 2.05) is 0 Å². The van der Waals surface area contributed by atoms with Crippen LogP contribution in [0, 0.1) is 5.82 Å². The summed E-state index contributed by atoms with van der Waals surface area (Å²) in [7, 11) is 0. The van der Waals surface area contributed by atoms with E-state index in [9.17, 15) is 22.4 Å². The zero-order valence-electron chi connectivity index (χ0n) is 7.86. The van der Waals surface area contributed by atoms with Gasteiger partial charge in [-0.3, -0.25) is 4.79 Å². The Morgan fingerprint density at radius 3 is 2.38 bits per heavy atom. The van der Waals surface area contributed by atoms with Crippen LogP contribution in [0.2, 0.25) is 5.02 Å². The Balaban J connectivity index is 3.22. The van der Waals surface area contributed by atoms with Crippen LogP contribution in [0.3, 0.4) is 0 Å². The average Bonchev–Trinajstić information content (AvgIpc) is 2.10. The highest BCUT2D eigenvalue weighted by Gasteiger charge is 2.33. The molecule has 0 bridgehead atoms. The maximum atomic E-state index is 13.0. The highest BCUT2D eigenvalue weighted by molar-refractivity contribution is 6.32. The highest BCUT2D eigenvalue weighted by atomic mass is 35.5. The summed E-state index contributed by atoms with van der Waals surface area (Å²) in [6.07, 6.45) is -4.99. The van der Waals surface area contributed by atoms with Crippen molar-refractivity contribution >= 4 is 17.4 Å². The molecule has 0 amide bonds. The van der Waals surface area contributed by atoms with E-state index in [1.165, 1.54) is 0 Å². The molecule has 1 aromatic rings. The summed E-state index contributed by atoms with van der Waals surface area (Å²) in [6, 6.07) is 1.48. The summed E-state index contributed by atoms with van der Waals surface area (Å²) >= 11 is 5.26. The van der Waals surface area contributed by atoms with Gasteiger partial charge in [-0.25, -0.2) is 4.39 Å². The maximum absolute atomic E-state index is 13.0. The van der Waals surface area contributed by atoms with Gasteiger partial charge in [0.15, 0.2) is 11.5 Å². The standard InChI is InChI=1S/C9H5ClF4O2/c1-4(15)5-2-6(11)8(10)7(3-5)16-9(12,13)14/h2-3H,1H3. The molecule has 0 aliphatic heterocycles. The van der Waals surface area contributed by atoms with Crippen LogP contribution in [0.5, 0.6) is 5.75 Å². The lowest BCUT2D eigenvalue weighted by Crippen LogP contribution is -2.18. The Kier molecular flexibility index (Phi) is 3.42. The van der Waals surface area contributed by atoms with Crippen LogP contribution in [0.15, 0.2) is 12.1 Å². The first-order valence-electron chi connectivity index (χ1n) is 3.96. The molecule has 0 unspecified atom stereocenters. The van der Waals surface area contributed by atoms with Gasteiger partial charge in [0.05, 0.1) is 0 Å². The van der Waals surface area contributed by atoms with Gasteiger partial charge in [0.2, 0.25) is 0 Å². The van der Waals surface area contributed by atoms with Crippen molar-refractivity contribution in [1.82, 2.24) is 0 Å². The molecule has 0 heterocycles. The van der Waals surface area contributed by atoms with Crippen LogP contribution in [-0.4, -0.2) is 12.1 Å². The number of hydrogen-bond acceptors (Lipinski definition) is 2. The van der Waals surface area contributed by atoms with E-state index in [1.54, 1.807) is 0 Å². The molecular formula is C9H5ClF4O2. The SMILES string of the molecule is CC(=O)c1cc(F)c(Cl)c(OC(F)(F)F)c1. The summed E-state index contributed by atoms with van der Waals surface area (Å²) < 4.78 is 52.2. The Labute approximate surface area is 92.8 Å². The van der Waals surface area contributed by atoms with E-state index >= 15 is 0 Å². The fourth-order valence-corrected chi connectivity index (χ4v) is 1.11. The zero-order chi connectivity index (χ0) is 12.5. The van der Waals surface area contributed by atoms with Gasteiger partial charge in [0, 0.05) is 5.56 Å². The predicted octanol–water partition coefficient (Wildman–Crippen LogP) is 3.58. The quantitative estimate of drug-likeness (QED) is 0.597. The monoisotopic (exact) mass is 256 g/mol. The van der Waals surface area contributed by atoms with Crippen molar-refractivity contribution in [3.05, 3.63) is 28.5 Å². The predicted molar refractivity (Wildman–Crippen MR) is 48.1 cm³/mol. The number of ketones is 1. The molecule has 7 heteroatoms. The summed E-state index contributed by atoms with van der Waals surface area (Å²) in [5.74, 6) is -2.67. The van der Waals surface area contributed by atoms with Crippen LogP contribution >= 0.6 is 11.6 Å². The third-order valence-corrected chi connectivity index (χ3v) is 1.99. The lowest BCUT2D eigenvalue weighted by atomic mass is 10.1.